The highest BCUT2D eigenvalue weighted by Gasteiger charge is 2.21. The number of benzene rings is 1. The molecule has 130 valence electrons. The zero-order valence-corrected chi connectivity index (χ0v) is 16.4. The molecule has 0 amide bonds. The molecule has 4 rings (SSSR count). The molecule has 1 aromatic carbocycles. The topological polar surface area (TPSA) is 37.8 Å². The summed E-state index contributed by atoms with van der Waals surface area (Å²) in [4.78, 5) is 11.4. The van der Waals surface area contributed by atoms with Crippen molar-refractivity contribution in [2.75, 3.05) is 5.32 Å². The second kappa shape index (κ2) is 6.26. The van der Waals surface area contributed by atoms with Crippen LogP contribution in [0, 0.1) is 0 Å². The van der Waals surface area contributed by atoms with Crippen molar-refractivity contribution in [3.05, 3.63) is 45.6 Å². The smallest absolute Gasteiger partial charge is 0.225 e. The van der Waals surface area contributed by atoms with Crippen LogP contribution in [-0.4, -0.2) is 9.97 Å². The molecule has 5 heteroatoms. The summed E-state index contributed by atoms with van der Waals surface area (Å²) in [5.41, 5.74) is 3.91. The molecule has 2 aromatic heterocycles. The standard InChI is InChI=1S/C20H22ClN3S/c1-20(2,3)12-8-10-13(11-9-12)22-17-16-14-6-4-5-7-15(14)25-18(16)24-19(21)23-17/h8-11H,4-7H2,1-3H3,(H,22,23,24). The van der Waals surface area contributed by atoms with Gasteiger partial charge in [0, 0.05) is 10.6 Å². The Labute approximate surface area is 157 Å². The van der Waals surface area contributed by atoms with E-state index in [4.69, 9.17) is 11.6 Å². The zero-order valence-electron chi connectivity index (χ0n) is 14.8. The van der Waals surface area contributed by atoms with Gasteiger partial charge in [-0.1, -0.05) is 32.9 Å². The van der Waals surface area contributed by atoms with Crippen LogP contribution in [0.3, 0.4) is 0 Å². The highest BCUT2D eigenvalue weighted by molar-refractivity contribution is 7.19. The van der Waals surface area contributed by atoms with Crippen LogP contribution in [0.25, 0.3) is 10.2 Å². The number of rotatable bonds is 2. The Kier molecular flexibility index (Phi) is 4.20. The summed E-state index contributed by atoms with van der Waals surface area (Å²) in [7, 11) is 0. The molecule has 0 unspecified atom stereocenters. The van der Waals surface area contributed by atoms with Gasteiger partial charge in [-0.15, -0.1) is 11.3 Å². The fourth-order valence-corrected chi connectivity index (χ4v) is 4.89. The first-order valence-corrected chi connectivity index (χ1v) is 9.96. The molecule has 3 nitrogen and oxygen atoms in total. The molecular weight excluding hydrogens is 350 g/mol. The Bertz CT molecular complexity index is 923. The van der Waals surface area contributed by atoms with Crippen molar-refractivity contribution >= 4 is 44.7 Å². The highest BCUT2D eigenvalue weighted by atomic mass is 35.5. The first-order valence-electron chi connectivity index (χ1n) is 8.77. The number of halogens is 1. The minimum atomic E-state index is 0.149. The lowest BCUT2D eigenvalue weighted by molar-refractivity contribution is 0.590. The Morgan fingerprint density at radius 1 is 1.04 bits per heavy atom. The van der Waals surface area contributed by atoms with Gasteiger partial charge in [0.15, 0.2) is 0 Å². The van der Waals surface area contributed by atoms with Gasteiger partial charge in [0.05, 0.1) is 5.39 Å². The lowest BCUT2D eigenvalue weighted by Crippen LogP contribution is -2.10. The largest absolute Gasteiger partial charge is 0.340 e. The average Bonchev–Trinajstić information content (AvgIpc) is 2.92. The van der Waals surface area contributed by atoms with E-state index in [2.05, 4.69) is 60.3 Å². The van der Waals surface area contributed by atoms with Gasteiger partial charge < -0.3 is 5.32 Å². The molecule has 1 aliphatic carbocycles. The molecule has 0 saturated carbocycles. The predicted octanol–water partition coefficient (Wildman–Crippen LogP) is 6.26. The molecule has 0 spiro atoms. The maximum atomic E-state index is 6.18. The molecule has 3 aromatic rings. The van der Waals surface area contributed by atoms with Gasteiger partial charge in [-0.25, -0.2) is 4.98 Å². The minimum absolute atomic E-state index is 0.149. The predicted molar refractivity (Wildman–Crippen MR) is 107 cm³/mol. The van der Waals surface area contributed by atoms with Gasteiger partial charge >= 0.3 is 0 Å². The van der Waals surface area contributed by atoms with Crippen molar-refractivity contribution in [2.24, 2.45) is 0 Å². The van der Waals surface area contributed by atoms with Crippen LogP contribution >= 0.6 is 22.9 Å². The second-order valence-electron chi connectivity index (χ2n) is 7.68. The van der Waals surface area contributed by atoms with E-state index in [1.807, 2.05) is 0 Å². The maximum absolute atomic E-state index is 6.18. The summed E-state index contributed by atoms with van der Waals surface area (Å²) in [6, 6.07) is 8.57. The van der Waals surface area contributed by atoms with E-state index in [1.165, 1.54) is 28.8 Å². The van der Waals surface area contributed by atoms with Gasteiger partial charge in [0.1, 0.15) is 10.6 Å². The van der Waals surface area contributed by atoms with Gasteiger partial charge in [0.2, 0.25) is 5.28 Å². The van der Waals surface area contributed by atoms with Crippen molar-refractivity contribution in [3.8, 4) is 0 Å². The first kappa shape index (κ1) is 16.8. The van der Waals surface area contributed by atoms with Crippen LogP contribution in [0.5, 0.6) is 0 Å². The molecule has 25 heavy (non-hydrogen) atoms. The number of nitrogens with one attached hydrogen (secondary N) is 1. The number of fused-ring (bicyclic) bond motifs is 3. The SMILES string of the molecule is CC(C)(C)c1ccc(Nc2nc(Cl)nc3sc4c(c23)CCCC4)cc1. The number of nitrogens with zero attached hydrogens (tertiary/aromatic N) is 2. The number of hydrogen-bond acceptors (Lipinski definition) is 4. The van der Waals surface area contributed by atoms with Crippen molar-refractivity contribution in [1.82, 2.24) is 9.97 Å². The lowest BCUT2D eigenvalue weighted by Gasteiger charge is -2.19. The molecule has 0 radical (unpaired) electrons. The van der Waals surface area contributed by atoms with Crippen LogP contribution in [0.4, 0.5) is 11.5 Å². The van der Waals surface area contributed by atoms with E-state index in [-0.39, 0.29) is 5.41 Å². The van der Waals surface area contributed by atoms with Crippen molar-refractivity contribution in [1.29, 1.82) is 0 Å². The Morgan fingerprint density at radius 3 is 2.48 bits per heavy atom. The average molecular weight is 372 g/mol. The number of thiophene rings is 1. The van der Waals surface area contributed by atoms with Gasteiger partial charge in [-0.3, -0.25) is 0 Å². The molecule has 1 N–H and O–H groups in total. The molecular formula is C20H22ClN3S. The number of aryl methyl sites for hydroxylation is 2. The first-order chi connectivity index (χ1) is 11.9. The van der Waals surface area contributed by atoms with Crippen LogP contribution in [-0.2, 0) is 18.3 Å². The summed E-state index contributed by atoms with van der Waals surface area (Å²) in [6.07, 6.45) is 4.75. The van der Waals surface area contributed by atoms with Crippen molar-refractivity contribution < 1.29 is 0 Å². The summed E-state index contributed by atoms with van der Waals surface area (Å²) in [6.45, 7) is 6.67. The Morgan fingerprint density at radius 2 is 1.76 bits per heavy atom. The third-order valence-corrected chi connectivity index (χ3v) is 6.16. The van der Waals surface area contributed by atoms with E-state index in [1.54, 1.807) is 11.3 Å². The van der Waals surface area contributed by atoms with Crippen molar-refractivity contribution in [2.45, 2.75) is 51.9 Å². The molecule has 0 atom stereocenters. The van der Waals surface area contributed by atoms with Crippen molar-refractivity contribution in [3.63, 3.8) is 0 Å². The van der Waals surface area contributed by atoms with Crippen LogP contribution in [0.2, 0.25) is 5.28 Å². The third kappa shape index (κ3) is 3.25. The highest BCUT2D eigenvalue weighted by Crippen LogP contribution is 2.40. The molecule has 0 fully saturated rings. The van der Waals surface area contributed by atoms with Crippen LogP contribution in [0.15, 0.2) is 24.3 Å². The maximum Gasteiger partial charge on any atom is 0.225 e. The fourth-order valence-electron chi connectivity index (χ4n) is 3.41. The van der Waals surface area contributed by atoms with E-state index in [9.17, 15) is 0 Å². The number of aromatic nitrogens is 2. The monoisotopic (exact) mass is 371 g/mol. The number of hydrogen-bond donors (Lipinski definition) is 1. The Hall–Kier alpha value is -1.65. The van der Waals surface area contributed by atoms with Gasteiger partial charge in [-0.05, 0) is 66.0 Å². The summed E-state index contributed by atoms with van der Waals surface area (Å²) >= 11 is 7.95. The van der Waals surface area contributed by atoms with Gasteiger partial charge in [0.25, 0.3) is 0 Å². The van der Waals surface area contributed by atoms with E-state index in [0.29, 0.717) is 5.28 Å². The summed E-state index contributed by atoms with van der Waals surface area (Å²) < 4.78 is 0. The lowest BCUT2D eigenvalue weighted by atomic mass is 9.87. The molecule has 0 aliphatic heterocycles. The number of anilines is 2. The van der Waals surface area contributed by atoms with Crippen LogP contribution in [0.1, 0.15) is 49.6 Å². The van der Waals surface area contributed by atoms with E-state index < -0.39 is 0 Å². The van der Waals surface area contributed by atoms with E-state index >= 15 is 0 Å². The molecule has 2 heterocycles. The second-order valence-corrected chi connectivity index (χ2v) is 9.11. The molecule has 0 saturated heterocycles. The van der Waals surface area contributed by atoms with Gasteiger partial charge in [-0.2, -0.15) is 4.98 Å². The summed E-state index contributed by atoms with van der Waals surface area (Å²) in [5.74, 6) is 0.831. The summed E-state index contributed by atoms with van der Waals surface area (Å²) in [5, 5.41) is 4.94. The third-order valence-electron chi connectivity index (χ3n) is 4.80. The zero-order chi connectivity index (χ0) is 17.6. The fraction of sp³-hybridized carbons (Fsp3) is 0.400. The molecule has 0 bridgehead atoms. The quantitative estimate of drug-likeness (QED) is 0.540. The van der Waals surface area contributed by atoms with E-state index in [0.717, 1.165) is 34.6 Å². The molecule has 1 aliphatic rings. The van der Waals surface area contributed by atoms with Crippen LogP contribution < -0.4 is 5.32 Å². The normalized spacial score (nSPS) is 14.6. The Balaban J connectivity index is 1.75. The minimum Gasteiger partial charge on any atom is -0.340 e.